The molecule has 0 amide bonds. The van der Waals surface area contributed by atoms with Crippen LogP contribution in [0.15, 0.2) is 84.9 Å². The zero-order valence-electron chi connectivity index (χ0n) is 18.4. The molecule has 0 aliphatic heterocycles. The molecule has 0 aromatic heterocycles. The summed E-state index contributed by atoms with van der Waals surface area (Å²) in [6, 6.07) is 23.4. The highest BCUT2D eigenvalue weighted by Crippen LogP contribution is 2.40. The van der Waals surface area contributed by atoms with Crippen molar-refractivity contribution in [3.63, 3.8) is 0 Å². The molecular formula is C28H23FO4. The van der Waals surface area contributed by atoms with Crippen molar-refractivity contribution in [3.05, 3.63) is 96.3 Å². The Bertz CT molecular complexity index is 1290. The average molecular weight is 442 g/mol. The molecule has 0 fully saturated rings. The van der Waals surface area contributed by atoms with Gasteiger partial charge >= 0.3 is 5.97 Å². The highest BCUT2D eigenvalue weighted by molar-refractivity contribution is 5.96. The molecule has 0 heterocycles. The summed E-state index contributed by atoms with van der Waals surface area (Å²) in [6.45, 7) is 2.10. The highest BCUT2D eigenvalue weighted by Gasteiger charge is 2.13. The van der Waals surface area contributed by atoms with Gasteiger partial charge < -0.3 is 14.2 Å². The number of carbonyl (C=O) groups excluding carboxylic acids is 1. The summed E-state index contributed by atoms with van der Waals surface area (Å²) in [6.07, 6.45) is 3.08. The normalized spacial score (nSPS) is 11.0. The fraction of sp³-hybridized carbons (Fsp3) is 0.107. The number of methoxy groups -OCH3 is 1. The Hall–Kier alpha value is -4.12. The molecule has 0 N–H and O–H groups in total. The van der Waals surface area contributed by atoms with E-state index in [9.17, 15) is 9.18 Å². The Morgan fingerprint density at radius 3 is 2.33 bits per heavy atom. The summed E-state index contributed by atoms with van der Waals surface area (Å²) in [5, 5.41) is 1.87. The van der Waals surface area contributed by atoms with Crippen LogP contribution in [-0.4, -0.2) is 19.7 Å². The predicted molar refractivity (Wildman–Crippen MR) is 128 cm³/mol. The molecule has 0 aliphatic rings. The molecule has 4 aromatic rings. The van der Waals surface area contributed by atoms with Crippen molar-refractivity contribution in [1.29, 1.82) is 0 Å². The van der Waals surface area contributed by atoms with E-state index in [0.29, 0.717) is 18.1 Å². The Labute approximate surface area is 191 Å². The van der Waals surface area contributed by atoms with Crippen LogP contribution in [0.3, 0.4) is 0 Å². The lowest BCUT2D eigenvalue weighted by Gasteiger charge is -2.15. The number of benzene rings is 4. The molecule has 4 rings (SSSR count). The van der Waals surface area contributed by atoms with Gasteiger partial charge in [-0.05, 0) is 78.0 Å². The van der Waals surface area contributed by atoms with Crippen LogP contribution in [0.2, 0.25) is 0 Å². The lowest BCUT2D eigenvalue weighted by molar-refractivity contribution is -0.137. The van der Waals surface area contributed by atoms with E-state index >= 15 is 0 Å². The van der Waals surface area contributed by atoms with Gasteiger partial charge in [0, 0.05) is 17.0 Å². The lowest BCUT2D eigenvalue weighted by atomic mass is 9.99. The molecule has 4 aromatic carbocycles. The number of fused-ring (bicyclic) bond motifs is 1. The smallest absolute Gasteiger partial charge is 0.330 e. The predicted octanol–water partition coefficient (Wildman–Crippen LogP) is 7.02. The van der Waals surface area contributed by atoms with E-state index in [1.165, 1.54) is 18.2 Å². The second-order valence-corrected chi connectivity index (χ2v) is 7.29. The van der Waals surface area contributed by atoms with Crippen LogP contribution < -0.4 is 9.47 Å². The minimum atomic E-state index is -0.382. The van der Waals surface area contributed by atoms with Crippen molar-refractivity contribution >= 4 is 22.8 Å². The van der Waals surface area contributed by atoms with Crippen molar-refractivity contribution in [1.82, 2.24) is 0 Å². The summed E-state index contributed by atoms with van der Waals surface area (Å²) in [5.74, 6) is 1.37. The van der Waals surface area contributed by atoms with Crippen molar-refractivity contribution in [3.8, 4) is 28.4 Å². The van der Waals surface area contributed by atoms with Crippen molar-refractivity contribution in [2.45, 2.75) is 6.92 Å². The number of ether oxygens (including phenoxy) is 3. The van der Waals surface area contributed by atoms with Crippen LogP contribution in [0.25, 0.3) is 28.0 Å². The van der Waals surface area contributed by atoms with Crippen molar-refractivity contribution < 1.29 is 23.4 Å². The maximum atomic E-state index is 13.5. The maximum Gasteiger partial charge on any atom is 0.330 e. The first-order valence-electron chi connectivity index (χ1n) is 10.6. The molecule has 0 bridgehead atoms. The van der Waals surface area contributed by atoms with E-state index in [0.717, 1.165) is 33.2 Å². The molecule has 4 nitrogen and oxygen atoms in total. The van der Waals surface area contributed by atoms with Crippen LogP contribution in [0.4, 0.5) is 4.39 Å². The van der Waals surface area contributed by atoms with Crippen LogP contribution >= 0.6 is 0 Å². The second kappa shape index (κ2) is 10.0. The van der Waals surface area contributed by atoms with Gasteiger partial charge in [-0.2, -0.15) is 0 Å². The number of hydrogen-bond acceptors (Lipinski definition) is 4. The summed E-state index contributed by atoms with van der Waals surface area (Å²) in [7, 11) is 1.63. The van der Waals surface area contributed by atoms with E-state index in [2.05, 4.69) is 0 Å². The van der Waals surface area contributed by atoms with Crippen molar-refractivity contribution in [2.24, 2.45) is 0 Å². The average Bonchev–Trinajstić information content (AvgIpc) is 2.84. The molecule has 0 unspecified atom stereocenters. The summed E-state index contributed by atoms with van der Waals surface area (Å²) >= 11 is 0. The summed E-state index contributed by atoms with van der Waals surface area (Å²) in [5.41, 5.74) is 2.54. The number of hydrogen-bond donors (Lipinski definition) is 0. The Balaban J connectivity index is 1.71. The van der Waals surface area contributed by atoms with Gasteiger partial charge in [0.25, 0.3) is 0 Å². The van der Waals surface area contributed by atoms with Crippen LogP contribution in [0, 0.1) is 5.82 Å². The minimum Gasteiger partial charge on any atom is -0.497 e. The first-order valence-corrected chi connectivity index (χ1v) is 10.6. The molecule has 0 radical (unpaired) electrons. The zero-order chi connectivity index (χ0) is 23.2. The fourth-order valence-electron chi connectivity index (χ4n) is 3.49. The third-order valence-corrected chi connectivity index (χ3v) is 5.13. The number of carbonyl (C=O) groups is 1. The van der Waals surface area contributed by atoms with Crippen LogP contribution in [0.1, 0.15) is 12.5 Å². The zero-order valence-corrected chi connectivity index (χ0v) is 18.4. The second-order valence-electron chi connectivity index (χ2n) is 7.29. The number of rotatable bonds is 7. The van der Waals surface area contributed by atoms with E-state index in [1.54, 1.807) is 32.2 Å². The molecule has 0 saturated carbocycles. The van der Waals surface area contributed by atoms with Gasteiger partial charge in [0.2, 0.25) is 0 Å². The largest absolute Gasteiger partial charge is 0.497 e. The number of esters is 1. The van der Waals surface area contributed by atoms with E-state index in [4.69, 9.17) is 14.2 Å². The van der Waals surface area contributed by atoms with Gasteiger partial charge in [-0.15, -0.1) is 0 Å². The molecule has 166 valence electrons. The first-order chi connectivity index (χ1) is 16.1. The molecule has 0 aliphatic carbocycles. The van der Waals surface area contributed by atoms with Gasteiger partial charge in [-0.25, -0.2) is 9.18 Å². The summed E-state index contributed by atoms with van der Waals surface area (Å²) < 4.78 is 30.1. The molecule has 0 atom stereocenters. The quantitative estimate of drug-likeness (QED) is 0.228. The fourth-order valence-corrected chi connectivity index (χ4v) is 3.49. The highest BCUT2D eigenvalue weighted by atomic mass is 19.1. The Kier molecular flexibility index (Phi) is 6.69. The van der Waals surface area contributed by atoms with Gasteiger partial charge in [-0.3, -0.25) is 0 Å². The SMILES string of the molecule is CCOC(=O)C=Cc1ccc(Oc2c(-c3ccc(F)cc3)ccc3cc(OC)ccc23)cc1. The van der Waals surface area contributed by atoms with Crippen LogP contribution in [0.5, 0.6) is 17.2 Å². The van der Waals surface area contributed by atoms with Crippen molar-refractivity contribution in [2.75, 3.05) is 13.7 Å². The van der Waals surface area contributed by atoms with Gasteiger partial charge in [-0.1, -0.05) is 30.3 Å². The van der Waals surface area contributed by atoms with Gasteiger partial charge in [0.05, 0.1) is 13.7 Å². The monoisotopic (exact) mass is 442 g/mol. The molecule has 0 spiro atoms. The minimum absolute atomic E-state index is 0.293. The maximum absolute atomic E-state index is 13.5. The Morgan fingerprint density at radius 2 is 1.64 bits per heavy atom. The standard InChI is InChI=1S/C28H23FO4/c1-3-32-27(30)17-6-19-4-12-23(13-5-19)33-28-25(20-7-10-22(29)11-8-20)15-9-21-18-24(31-2)14-16-26(21)28/h4-18H,3H2,1-2H3. The molecule has 5 heteroatoms. The van der Waals surface area contributed by atoms with Gasteiger partial charge in [0.1, 0.15) is 23.1 Å². The van der Waals surface area contributed by atoms with Crippen LogP contribution in [-0.2, 0) is 9.53 Å². The summed E-state index contributed by atoms with van der Waals surface area (Å²) in [4.78, 5) is 11.5. The first kappa shape index (κ1) is 22.1. The van der Waals surface area contributed by atoms with Gasteiger partial charge in [0.15, 0.2) is 0 Å². The third kappa shape index (κ3) is 5.21. The number of halogens is 1. The van der Waals surface area contributed by atoms with E-state index in [-0.39, 0.29) is 11.8 Å². The molecule has 33 heavy (non-hydrogen) atoms. The van der Waals surface area contributed by atoms with E-state index < -0.39 is 0 Å². The Morgan fingerprint density at radius 1 is 0.909 bits per heavy atom. The lowest BCUT2D eigenvalue weighted by Crippen LogP contribution is -1.98. The third-order valence-electron chi connectivity index (χ3n) is 5.13. The molecular weight excluding hydrogens is 419 g/mol. The topological polar surface area (TPSA) is 44.8 Å². The van der Waals surface area contributed by atoms with E-state index in [1.807, 2.05) is 54.6 Å². The molecule has 0 saturated heterocycles.